The molecule has 19 heavy (non-hydrogen) atoms. The van der Waals surface area contributed by atoms with E-state index in [2.05, 4.69) is 10.2 Å². The lowest BCUT2D eigenvalue weighted by Gasteiger charge is -2.29. The molecular formula is C14H20F2N2O. The van der Waals surface area contributed by atoms with Crippen molar-refractivity contribution in [1.82, 2.24) is 10.2 Å². The average molecular weight is 270 g/mol. The van der Waals surface area contributed by atoms with Gasteiger partial charge in [0.25, 0.3) is 6.43 Å². The molecule has 0 aliphatic carbocycles. The Morgan fingerprint density at radius 2 is 1.79 bits per heavy atom. The molecule has 106 valence electrons. The van der Waals surface area contributed by atoms with E-state index in [9.17, 15) is 13.9 Å². The maximum atomic E-state index is 12.5. The van der Waals surface area contributed by atoms with Gasteiger partial charge in [-0.1, -0.05) is 24.3 Å². The van der Waals surface area contributed by atoms with Gasteiger partial charge in [-0.05, 0) is 18.5 Å². The lowest BCUT2D eigenvalue weighted by molar-refractivity contribution is 0.129. The molecule has 1 aromatic rings. The summed E-state index contributed by atoms with van der Waals surface area (Å²) in [6.07, 6.45) is -1.41. The molecule has 0 radical (unpaired) electrons. The van der Waals surface area contributed by atoms with Gasteiger partial charge in [0.2, 0.25) is 0 Å². The SMILES string of the molecule is OCC(c1ccc(C(F)F)cc1)N1CCCNCC1. The summed E-state index contributed by atoms with van der Waals surface area (Å²) in [5.74, 6) is 0. The van der Waals surface area contributed by atoms with Crippen molar-refractivity contribution in [3.63, 3.8) is 0 Å². The molecule has 2 N–H and O–H groups in total. The smallest absolute Gasteiger partial charge is 0.263 e. The molecule has 0 bridgehead atoms. The second kappa shape index (κ2) is 6.93. The van der Waals surface area contributed by atoms with Gasteiger partial charge in [0.15, 0.2) is 0 Å². The summed E-state index contributed by atoms with van der Waals surface area (Å²) in [5, 5.41) is 12.9. The number of rotatable bonds is 4. The van der Waals surface area contributed by atoms with Gasteiger partial charge in [-0.15, -0.1) is 0 Å². The second-order valence-electron chi connectivity index (χ2n) is 4.81. The van der Waals surface area contributed by atoms with Crippen molar-refractivity contribution in [2.75, 3.05) is 32.8 Å². The quantitative estimate of drug-likeness (QED) is 0.878. The summed E-state index contributed by atoms with van der Waals surface area (Å²) in [5.41, 5.74) is 0.923. The third kappa shape index (κ3) is 3.72. The first-order valence-corrected chi connectivity index (χ1v) is 6.66. The highest BCUT2D eigenvalue weighted by molar-refractivity contribution is 5.26. The van der Waals surface area contributed by atoms with E-state index in [1.807, 2.05) is 0 Å². The van der Waals surface area contributed by atoms with Crippen LogP contribution in [-0.2, 0) is 0 Å². The van der Waals surface area contributed by atoms with Crippen molar-refractivity contribution in [3.05, 3.63) is 35.4 Å². The van der Waals surface area contributed by atoms with Crippen molar-refractivity contribution in [1.29, 1.82) is 0 Å². The molecule has 1 aliphatic rings. The van der Waals surface area contributed by atoms with Crippen LogP contribution in [0.5, 0.6) is 0 Å². The van der Waals surface area contributed by atoms with E-state index in [1.165, 1.54) is 12.1 Å². The van der Waals surface area contributed by atoms with Crippen LogP contribution in [0.25, 0.3) is 0 Å². The fourth-order valence-electron chi connectivity index (χ4n) is 2.47. The van der Waals surface area contributed by atoms with E-state index in [0.717, 1.165) is 38.2 Å². The van der Waals surface area contributed by atoms with Gasteiger partial charge in [-0.3, -0.25) is 4.90 Å². The fraction of sp³-hybridized carbons (Fsp3) is 0.571. The van der Waals surface area contributed by atoms with Gasteiger partial charge in [-0.2, -0.15) is 0 Å². The van der Waals surface area contributed by atoms with Crippen LogP contribution in [0.2, 0.25) is 0 Å². The summed E-state index contributed by atoms with van der Waals surface area (Å²) in [6.45, 7) is 3.66. The van der Waals surface area contributed by atoms with Gasteiger partial charge < -0.3 is 10.4 Å². The van der Waals surface area contributed by atoms with Crippen LogP contribution in [0.3, 0.4) is 0 Å². The minimum Gasteiger partial charge on any atom is -0.394 e. The minimum absolute atomic E-state index is 0.00796. The first-order chi connectivity index (χ1) is 9.22. The Morgan fingerprint density at radius 3 is 2.42 bits per heavy atom. The fourth-order valence-corrected chi connectivity index (χ4v) is 2.47. The Kier molecular flexibility index (Phi) is 5.24. The third-order valence-corrected chi connectivity index (χ3v) is 3.56. The van der Waals surface area contributed by atoms with Crippen molar-refractivity contribution < 1.29 is 13.9 Å². The zero-order valence-electron chi connectivity index (χ0n) is 10.9. The number of hydrogen-bond donors (Lipinski definition) is 2. The molecule has 2 rings (SSSR count). The molecule has 1 atom stereocenters. The maximum Gasteiger partial charge on any atom is 0.263 e. The molecule has 5 heteroatoms. The molecule has 1 aromatic carbocycles. The predicted molar refractivity (Wildman–Crippen MR) is 70.3 cm³/mol. The molecule has 3 nitrogen and oxygen atoms in total. The number of benzene rings is 1. The first-order valence-electron chi connectivity index (χ1n) is 6.66. The summed E-state index contributed by atoms with van der Waals surface area (Å²) in [7, 11) is 0. The zero-order valence-corrected chi connectivity index (χ0v) is 10.9. The Bertz CT molecular complexity index is 376. The highest BCUT2D eigenvalue weighted by Gasteiger charge is 2.20. The molecule has 1 heterocycles. The molecule has 0 aromatic heterocycles. The predicted octanol–water partition coefficient (Wildman–Crippen LogP) is 1.95. The minimum atomic E-state index is -2.44. The summed E-state index contributed by atoms with van der Waals surface area (Å²) in [4.78, 5) is 2.21. The van der Waals surface area contributed by atoms with Crippen LogP contribution in [0, 0.1) is 0 Å². The zero-order chi connectivity index (χ0) is 13.7. The number of halogens is 2. The average Bonchev–Trinajstić information content (AvgIpc) is 2.69. The lowest BCUT2D eigenvalue weighted by Crippen LogP contribution is -2.34. The summed E-state index contributed by atoms with van der Waals surface area (Å²) in [6, 6.07) is 6.17. The van der Waals surface area contributed by atoms with Crippen LogP contribution in [0.1, 0.15) is 30.0 Å². The van der Waals surface area contributed by atoms with Crippen molar-refractivity contribution in [3.8, 4) is 0 Å². The largest absolute Gasteiger partial charge is 0.394 e. The van der Waals surface area contributed by atoms with Gasteiger partial charge >= 0.3 is 0 Å². The molecule has 1 aliphatic heterocycles. The van der Waals surface area contributed by atoms with Gasteiger partial charge in [0.1, 0.15) is 0 Å². The normalized spacial score (nSPS) is 19.4. The van der Waals surface area contributed by atoms with E-state index in [4.69, 9.17) is 0 Å². The Balaban J connectivity index is 2.11. The molecule has 1 saturated heterocycles. The first kappa shape index (κ1) is 14.4. The monoisotopic (exact) mass is 270 g/mol. The highest BCUT2D eigenvalue weighted by atomic mass is 19.3. The molecule has 0 amide bonds. The van der Waals surface area contributed by atoms with Crippen molar-refractivity contribution in [2.45, 2.75) is 18.9 Å². The van der Waals surface area contributed by atoms with Crippen LogP contribution in [-0.4, -0.2) is 42.8 Å². The van der Waals surface area contributed by atoms with Gasteiger partial charge in [-0.25, -0.2) is 8.78 Å². The van der Waals surface area contributed by atoms with Crippen LogP contribution in [0.4, 0.5) is 8.78 Å². The van der Waals surface area contributed by atoms with Crippen LogP contribution in [0.15, 0.2) is 24.3 Å². The van der Waals surface area contributed by atoms with Crippen molar-refractivity contribution >= 4 is 0 Å². The number of hydrogen-bond acceptors (Lipinski definition) is 3. The molecule has 1 unspecified atom stereocenters. The van der Waals surface area contributed by atoms with E-state index in [0.29, 0.717) is 0 Å². The Hall–Kier alpha value is -1.04. The maximum absolute atomic E-state index is 12.5. The molecule has 0 spiro atoms. The Morgan fingerprint density at radius 1 is 1.11 bits per heavy atom. The number of aliphatic hydroxyl groups is 1. The van der Waals surface area contributed by atoms with E-state index in [-0.39, 0.29) is 18.2 Å². The van der Waals surface area contributed by atoms with E-state index < -0.39 is 6.43 Å². The van der Waals surface area contributed by atoms with Crippen molar-refractivity contribution in [2.24, 2.45) is 0 Å². The van der Waals surface area contributed by atoms with Crippen LogP contribution >= 0.6 is 0 Å². The highest BCUT2D eigenvalue weighted by Crippen LogP contribution is 2.24. The molecule has 0 saturated carbocycles. The second-order valence-corrected chi connectivity index (χ2v) is 4.81. The molecular weight excluding hydrogens is 250 g/mol. The third-order valence-electron chi connectivity index (χ3n) is 3.56. The number of aliphatic hydroxyl groups excluding tert-OH is 1. The number of alkyl halides is 2. The molecule has 1 fully saturated rings. The standard InChI is InChI=1S/C14H20F2N2O/c15-14(16)12-4-2-11(3-5-12)13(10-19)18-8-1-6-17-7-9-18/h2-5,13-14,17,19H,1,6-10H2. The lowest BCUT2D eigenvalue weighted by atomic mass is 10.0. The number of nitrogens with one attached hydrogen (secondary N) is 1. The van der Waals surface area contributed by atoms with Crippen LogP contribution < -0.4 is 5.32 Å². The van der Waals surface area contributed by atoms with E-state index >= 15 is 0 Å². The number of nitrogens with zero attached hydrogens (tertiary/aromatic N) is 1. The van der Waals surface area contributed by atoms with Gasteiger partial charge in [0, 0.05) is 25.2 Å². The summed E-state index contributed by atoms with van der Waals surface area (Å²) >= 11 is 0. The van der Waals surface area contributed by atoms with E-state index in [1.54, 1.807) is 12.1 Å². The Labute approximate surface area is 112 Å². The summed E-state index contributed by atoms with van der Waals surface area (Å²) < 4.78 is 25.0. The van der Waals surface area contributed by atoms with Gasteiger partial charge in [0.05, 0.1) is 12.6 Å². The topological polar surface area (TPSA) is 35.5 Å².